The second-order valence-corrected chi connectivity index (χ2v) is 6.21. The summed E-state index contributed by atoms with van der Waals surface area (Å²) in [7, 11) is 0. The van der Waals surface area contributed by atoms with Crippen LogP contribution in [0.5, 0.6) is 11.5 Å². The average Bonchev–Trinajstić information content (AvgIpc) is 3.07. The standard InChI is InChI=1S/C22H25NO3/c1-4-14-24-19-10-6-17(7-11-19)21-16(3)26-23-22(21)18-8-12-20(13-9-18)25-15-5-2/h6-13H,4-5,14-15H2,1-3H3. The molecule has 0 N–H and O–H groups in total. The SMILES string of the molecule is CCCOc1ccc(-c2noc(C)c2-c2ccc(OCCC)cc2)cc1. The lowest BCUT2D eigenvalue weighted by Gasteiger charge is -2.08. The van der Waals surface area contributed by atoms with Gasteiger partial charge in [0, 0.05) is 5.56 Å². The molecule has 1 aromatic heterocycles. The van der Waals surface area contributed by atoms with E-state index in [1.54, 1.807) is 0 Å². The van der Waals surface area contributed by atoms with Gasteiger partial charge in [-0.3, -0.25) is 0 Å². The number of aryl methyl sites for hydroxylation is 1. The summed E-state index contributed by atoms with van der Waals surface area (Å²) in [6.45, 7) is 7.58. The van der Waals surface area contributed by atoms with E-state index >= 15 is 0 Å². The van der Waals surface area contributed by atoms with Gasteiger partial charge in [-0.2, -0.15) is 0 Å². The maximum Gasteiger partial charge on any atom is 0.142 e. The van der Waals surface area contributed by atoms with E-state index in [0.717, 1.165) is 65.7 Å². The van der Waals surface area contributed by atoms with E-state index in [9.17, 15) is 0 Å². The summed E-state index contributed by atoms with van der Waals surface area (Å²) in [5.41, 5.74) is 3.92. The van der Waals surface area contributed by atoms with Crippen molar-refractivity contribution in [1.29, 1.82) is 0 Å². The number of benzene rings is 2. The first kappa shape index (κ1) is 18.1. The van der Waals surface area contributed by atoms with Gasteiger partial charge in [0.1, 0.15) is 23.0 Å². The van der Waals surface area contributed by atoms with Crippen molar-refractivity contribution in [2.45, 2.75) is 33.6 Å². The Bertz CT molecular complexity index is 820. The zero-order chi connectivity index (χ0) is 18.4. The van der Waals surface area contributed by atoms with Crippen LogP contribution in [0.4, 0.5) is 0 Å². The molecule has 0 saturated heterocycles. The Morgan fingerprint density at radius 1 is 0.769 bits per heavy atom. The van der Waals surface area contributed by atoms with Gasteiger partial charge in [0.15, 0.2) is 0 Å². The number of hydrogen-bond donors (Lipinski definition) is 0. The predicted octanol–water partition coefficient (Wildman–Crippen LogP) is 5.89. The molecule has 0 unspecified atom stereocenters. The van der Waals surface area contributed by atoms with Crippen LogP contribution in [0.3, 0.4) is 0 Å². The van der Waals surface area contributed by atoms with Crippen molar-refractivity contribution in [2.75, 3.05) is 13.2 Å². The van der Waals surface area contributed by atoms with Gasteiger partial charge in [0.2, 0.25) is 0 Å². The summed E-state index contributed by atoms with van der Waals surface area (Å²) in [5.74, 6) is 2.55. The first-order chi connectivity index (χ1) is 12.7. The first-order valence-electron chi connectivity index (χ1n) is 9.15. The van der Waals surface area contributed by atoms with Crippen LogP contribution in [0.1, 0.15) is 32.4 Å². The molecule has 2 aromatic carbocycles. The Kier molecular flexibility index (Phi) is 5.95. The molecule has 26 heavy (non-hydrogen) atoms. The minimum atomic E-state index is 0.722. The van der Waals surface area contributed by atoms with E-state index in [1.165, 1.54) is 0 Å². The van der Waals surface area contributed by atoms with E-state index in [2.05, 4.69) is 19.0 Å². The van der Waals surface area contributed by atoms with Crippen molar-refractivity contribution >= 4 is 0 Å². The molecule has 136 valence electrons. The first-order valence-corrected chi connectivity index (χ1v) is 9.15. The lowest BCUT2D eigenvalue weighted by atomic mass is 9.99. The highest BCUT2D eigenvalue weighted by Gasteiger charge is 2.16. The maximum atomic E-state index is 5.67. The van der Waals surface area contributed by atoms with Crippen molar-refractivity contribution < 1.29 is 14.0 Å². The lowest BCUT2D eigenvalue weighted by molar-refractivity contribution is 0.317. The van der Waals surface area contributed by atoms with E-state index in [0.29, 0.717) is 0 Å². The second-order valence-electron chi connectivity index (χ2n) is 6.21. The number of hydrogen-bond acceptors (Lipinski definition) is 4. The van der Waals surface area contributed by atoms with Crippen LogP contribution in [0.15, 0.2) is 53.1 Å². The Labute approximate surface area is 154 Å². The third-order valence-electron chi connectivity index (χ3n) is 4.08. The van der Waals surface area contributed by atoms with E-state index in [-0.39, 0.29) is 0 Å². The molecule has 0 bridgehead atoms. The van der Waals surface area contributed by atoms with Crippen molar-refractivity contribution in [3.8, 4) is 33.9 Å². The van der Waals surface area contributed by atoms with E-state index in [4.69, 9.17) is 14.0 Å². The summed E-state index contributed by atoms with van der Waals surface area (Å²) < 4.78 is 16.8. The Balaban J connectivity index is 1.87. The highest BCUT2D eigenvalue weighted by molar-refractivity contribution is 5.82. The van der Waals surface area contributed by atoms with Gasteiger partial charge < -0.3 is 14.0 Å². The third-order valence-corrected chi connectivity index (χ3v) is 4.08. The monoisotopic (exact) mass is 351 g/mol. The molecule has 0 saturated carbocycles. The molecule has 0 spiro atoms. The fourth-order valence-electron chi connectivity index (χ4n) is 2.78. The number of rotatable bonds is 8. The smallest absolute Gasteiger partial charge is 0.142 e. The summed E-state index contributed by atoms with van der Waals surface area (Å²) in [6, 6.07) is 16.1. The van der Waals surface area contributed by atoms with Gasteiger partial charge in [-0.25, -0.2) is 0 Å². The third kappa shape index (κ3) is 4.07. The normalized spacial score (nSPS) is 10.7. The lowest BCUT2D eigenvalue weighted by Crippen LogP contribution is -1.95. The van der Waals surface area contributed by atoms with E-state index in [1.807, 2.05) is 55.5 Å². The molecule has 0 aliphatic heterocycles. The molecular formula is C22H25NO3. The zero-order valence-corrected chi connectivity index (χ0v) is 15.6. The van der Waals surface area contributed by atoms with Crippen LogP contribution in [0.25, 0.3) is 22.4 Å². The molecule has 4 heteroatoms. The molecule has 3 aromatic rings. The van der Waals surface area contributed by atoms with Crippen LogP contribution in [-0.4, -0.2) is 18.4 Å². The van der Waals surface area contributed by atoms with Gasteiger partial charge in [-0.05, 0) is 61.7 Å². The second kappa shape index (κ2) is 8.56. The van der Waals surface area contributed by atoms with Gasteiger partial charge >= 0.3 is 0 Å². The summed E-state index contributed by atoms with van der Waals surface area (Å²) in [4.78, 5) is 0. The molecule has 4 nitrogen and oxygen atoms in total. The number of ether oxygens (including phenoxy) is 2. The minimum Gasteiger partial charge on any atom is -0.494 e. The van der Waals surface area contributed by atoms with Crippen molar-refractivity contribution in [3.63, 3.8) is 0 Å². The van der Waals surface area contributed by atoms with Gasteiger partial charge in [0.25, 0.3) is 0 Å². The molecule has 1 heterocycles. The Morgan fingerprint density at radius 2 is 1.27 bits per heavy atom. The Hall–Kier alpha value is -2.75. The fourth-order valence-corrected chi connectivity index (χ4v) is 2.78. The highest BCUT2D eigenvalue weighted by Crippen LogP contribution is 2.35. The molecular weight excluding hydrogens is 326 g/mol. The molecule has 0 amide bonds. The molecule has 0 atom stereocenters. The fraction of sp³-hybridized carbons (Fsp3) is 0.318. The summed E-state index contributed by atoms with van der Waals surface area (Å²) in [6.07, 6.45) is 1.99. The summed E-state index contributed by atoms with van der Waals surface area (Å²) >= 11 is 0. The highest BCUT2D eigenvalue weighted by atomic mass is 16.5. The number of nitrogens with zero attached hydrogens (tertiary/aromatic N) is 1. The van der Waals surface area contributed by atoms with Crippen LogP contribution < -0.4 is 9.47 Å². The van der Waals surface area contributed by atoms with Crippen molar-refractivity contribution in [2.24, 2.45) is 0 Å². The molecule has 0 radical (unpaired) electrons. The van der Waals surface area contributed by atoms with Crippen molar-refractivity contribution in [1.82, 2.24) is 5.16 Å². The molecule has 0 fully saturated rings. The molecule has 0 aliphatic carbocycles. The maximum absolute atomic E-state index is 5.67. The van der Waals surface area contributed by atoms with Crippen LogP contribution >= 0.6 is 0 Å². The van der Waals surface area contributed by atoms with Gasteiger partial charge in [-0.1, -0.05) is 31.1 Å². The van der Waals surface area contributed by atoms with Crippen LogP contribution in [0, 0.1) is 6.92 Å². The molecule has 3 rings (SSSR count). The summed E-state index contributed by atoms with van der Waals surface area (Å²) in [5, 5.41) is 4.28. The van der Waals surface area contributed by atoms with Crippen molar-refractivity contribution in [3.05, 3.63) is 54.3 Å². The topological polar surface area (TPSA) is 44.5 Å². The quantitative estimate of drug-likeness (QED) is 0.507. The van der Waals surface area contributed by atoms with Gasteiger partial charge in [0.05, 0.1) is 18.8 Å². The largest absolute Gasteiger partial charge is 0.494 e. The Morgan fingerprint density at radius 3 is 1.77 bits per heavy atom. The number of aromatic nitrogens is 1. The minimum absolute atomic E-state index is 0.722. The van der Waals surface area contributed by atoms with Crippen LogP contribution in [-0.2, 0) is 0 Å². The molecule has 0 aliphatic rings. The average molecular weight is 351 g/mol. The predicted molar refractivity (Wildman–Crippen MR) is 104 cm³/mol. The zero-order valence-electron chi connectivity index (χ0n) is 15.6. The van der Waals surface area contributed by atoms with E-state index < -0.39 is 0 Å². The van der Waals surface area contributed by atoms with Crippen LogP contribution in [0.2, 0.25) is 0 Å². The van der Waals surface area contributed by atoms with Gasteiger partial charge in [-0.15, -0.1) is 0 Å².